The minimum Gasteiger partial charge on any atom is -0.506 e. The van der Waals surface area contributed by atoms with Gasteiger partial charge in [0, 0.05) is 5.39 Å². The van der Waals surface area contributed by atoms with Crippen molar-refractivity contribution in [2.24, 2.45) is 0 Å². The fraction of sp³-hybridized carbons (Fsp3) is 0.0556. The molecule has 0 radical (unpaired) electrons. The second-order valence-corrected chi connectivity index (χ2v) is 6.13. The van der Waals surface area contributed by atoms with Crippen LogP contribution in [0.4, 0.5) is 0 Å². The number of para-hydroxylation sites is 1. The van der Waals surface area contributed by atoms with Crippen molar-refractivity contribution in [1.82, 2.24) is 4.98 Å². The summed E-state index contributed by atoms with van der Waals surface area (Å²) in [6, 6.07) is 12.7. The summed E-state index contributed by atoms with van der Waals surface area (Å²) in [6.45, 7) is 0. The quantitative estimate of drug-likeness (QED) is 0.617. The van der Waals surface area contributed by atoms with Gasteiger partial charge >= 0.3 is 0 Å². The predicted octanol–water partition coefficient (Wildman–Crippen LogP) is 4.43. The normalized spacial score (nSPS) is 11.2. The van der Waals surface area contributed by atoms with E-state index < -0.39 is 0 Å². The topological polar surface area (TPSA) is 62.6 Å². The van der Waals surface area contributed by atoms with Crippen LogP contribution in [0, 0.1) is 3.57 Å². The Bertz CT molecular complexity index is 906. The molecular formula is C18H14INO3. The number of fused-ring (bicyclic) bond motifs is 1. The molecule has 0 bridgehead atoms. The number of phenolic OH excluding ortho intramolecular Hbond substituents is 2. The number of halogens is 1. The molecule has 2 aromatic carbocycles. The highest BCUT2D eigenvalue weighted by molar-refractivity contribution is 14.1. The molecule has 0 aliphatic heterocycles. The number of ether oxygens (including phenoxy) is 1. The number of phenols is 2. The monoisotopic (exact) mass is 419 g/mol. The number of hydrogen-bond acceptors (Lipinski definition) is 4. The minimum absolute atomic E-state index is 0.138. The molecule has 0 aliphatic carbocycles. The highest BCUT2D eigenvalue weighted by atomic mass is 127. The van der Waals surface area contributed by atoms with E-state index in [1.165, 1.54) is 7.11 Å². The molecule has 0 saturated heterocycles. The number of hydrogen-bond donors (Lipinski definition) is 2. The van der Waals surface area contributed by atoms with Crippen LogP contribution in [0.15, 0.2) is 42.5 Å². The molecule has 1 heterocycles. The molecule has 3 rings (SSSR count). The van der Waals surface area contributed by atoms with Crippen LogP contribution in [-0.2, 0) is 0 Å². The van der Waals surface area contributed by atoms with E-state index in [1.54, 1.807) is 18.2 Å². The summed E-state index contributed by atoms with van der Waals surface area (Å²) in [4.78, 5) is 4.45. The lowest BCUT2D eigenvalue weighted by Crippen LogP contribution is -1.88. The molecule has 116 valence electrons. The molecule has 4 nitrogen and oxygen atoms in total. The smallest absolute Gasteiger partial charge is 0.171 e. The number of rotatable bonds is 3. The van der Waals surface area contributed by atoms with Crippen molar-refractivity contribution in [2.45, 2.75) is 0 Å². The average Bonchev–Trinajstić information content (AvgIpc) is 2.56. The third-order valence-electron chi connectivity index (χ3n) is 3.44. The molecule has 3 aromatic rings. The zero-order chi connectivity index (χ0) is 16.4. The van der Waals surface area contributed by atoms with Gasteiger partial charge in [-0.3, -0.25) is 0 Å². The number of aromatic nitrogens is 1. The predicted molar refractivity (Wildman–Crippen MR) is 99.7 cm³/mol. The Morgan fingerprint density at radius 1 is 1.09 bits per heavy atom. The van der Waals surface area contributed by atoms with E-state index in [4.69, 9.17) is 4.74 Å². The summed E-state index contributed by atoms with van der Waals surface area (Å²) in [6.07, 6.45) is 3.74. The molecule has 23 heavy (non-hydrogen) atoms. The maximum Gasteiger partial charge on any atom is 0.171 e. The zero-order valence-electron chi connectivity index (χ0n) is 12.3. The average molecular weight is 419 g/mol. The van der Waals surface area contributed by atoms with Crippen molar-refractivity contribution in [1.29, 1.82) is 0 Å². The van der Waals surface area contributed by atoms with Gasteiger partial charge in [0.1, 0.15) is 11.3 Å². The van der Waals surface area contributed by atoms with Gasteiger partial charge in [-0.15, -0.1) is 0 Å². The molecule has 0 aliphatic rings. The lowest BCUT2D eigenvalue weighted by molar-refractivity contribution is 0.371. The van der Waals surface area contributed by atoms with Gasteiger partial charge in [-0.1, -0.05) is 24.3 Å². The SMILES string of the molecule is COc1cc(/C=C/c2ccc3cccc(O)c3n2)cc(I)c1O. The van der Waals surface area contributed by atoms with Gasteiger partial charge in [-0.25, -0.2) is 4.98 Å². The first kappa shape index (κ1) is 15.6. The van der Waals surface area contributed by atoms with E-state index in [0.29, 0.717) is 14.8 Å². The van der Waals surface area contributed by atoms with Gasteiger partial charge < -0.3 is 14.9 Å². The Labute approximate surface area is 147 Å². The Balaban J connectivity index is 1.97. The molecule has 0 spiro atoms. The van der Waals surface area contributed by atoms with Crippen LogP contribution in [-0.4, -0.2) is 22.3 Å². The summed E-state index contributed by atoms with van der Waals surface area (Å²) in [7, 11) is 1.52. The van der Waals surface area contributed by atoms with Crippen LogP contribution in [0.2, 0.25) is 0 Å². The molecule has 0 unspecified atom stereocenters. The minimum atomic E-state index is 0.138. The van der Waals surface area contributed by atoms with Crippen molar-refractivity contribution in [3.8, 4) is 17.2 Å². The van der Waals surface area contributed by atoms with Crippen molar-refractivity contribution < 1.29 is 14.9 Å². The zero-order valence-corrected chi connectivity index (χ0v) is 14.5. The molecule has 5 heteroatoms. The van der Waals surface area contributed by atoms with Crippen LogP contribution < -0.4 is 4.74 Å². The first-order chi connectivity index (χ1) is 11.1. The number of methoxy groups -OCH3 is 1. The highest BCUT2D eigenvalue weighted by Gasteiger charge is 2.07. The fourth-order valence-corrected chi connectivity index (χ4v) is 2.89. The van der Waals surface area contributed by atoms with Crippen molar-refractivity contribution in [2.75, 3.05) is 7.11 Å². The van der Waals surface area contributed by atoms with Crippen LogP contribution in [0.25, 0.3) is 23.1 Å². The Morgan fingerprint density at radius 2 is 1.91 bits per heavy atom. The maximum atomic E-state index is 9.88. The third kappa shape index (κ3) is 3.24. The largest absolute Gasteiger partial charge is 0.506 e. The molecule has 0 fully saturated rings. The fourth-order valence-electron chi connectivity index (χ4n) is 2.27. The lowest BCUT2D eigenvalue weighted by atomic mass is 10.1. The molecule has 0 atom stereocenters. The number of nitrogens with zero attached hydrogens (tertiary/aromatic N) is 1. The van der Waals surface area contributed by atoms with Crippen LogP contribution in [0.5, 0.6) is 17.2 Å². The van der Waals surface area contributed by atoms with Crippen LogP contribution in [0.3, 0.4) is 0 Å². The van der Waals surface area contributed by atoms with E-state index in [-0.39, 0.29) is 11.5 Å². The lowest BCUT2D eigenvalue weighted by Gasteiger charge is -2.06. The molecule has 0 amide bonds. The first-order valence-electron chi connectivity index (χ1n) is 6.92. The van der Waals surface area contributed by atoms with Gasteiger partial charge in [0.25, 0.3) is 0 Å². The van der Waals surface area contributed by atoms with Gasteiger partial charge in [0.2, 0.25) is 0 Å². The number of aromatic hydroxyl groups is 2. The standard InChI is InChI=1S/C18H14INO3/c1-23-16-10-11(9-14(19)18(16)22)5-7-13-8-6-12-3-2-4-15(21)17(12)20-13/h2-10,21-22H,1H3/b7-5+. The van der Waals surface area contributed by atoms with Gasteiger partial charge in [0.05, 0.1) is 16.4 Å². The van der Waals surface area contributed by atoms with E-state index in [2.05, 4.69) is 27.6 Å². The van der Waals surface area contributed by atoms with Crippen LogP contribution >= 0.6 is 22.6 Å². The van der Waals surface area contributed by atoms with Crippen LogP contribution in [0.1, 0.15) is 11.3 Å². The number of benzene rings is 2. The second-order valence-electron chi connectivity index (χ2n) is 4.97. The summed E-state index contributed by atoms with van der Waals surface area (Å²) < 4.78 is 5.87. The van der Waals surface area contributed by atoms with Crippen molar-refractivity contribution in [3.05, 3.63) is 57.3 Å². The molecule has 1 aromatic heterocycles. The van der Waals surface area contributed by atoms with E-state index in [1.807, 2.05) is 36.4 Å². The maximum absolute atomic E-state index is 9.88. The highest BCUT2D eigenvalue weighted by Crippen LogP contribution is 2.33. The Kier molecular flexibility index (Phi) is 4.38. The molecular weight excluding hydrogens is 405 g/mol. The number of pyridine rings is 1. The van der Waals surface area contributed by atoms with Gasteiger partial charge in [-0.05, 0) is 58.5 Å². The Hall–Kier alpha value is -2.28. The molecule has 2 N–H and O–H groups in total. The van der Waals surface area contributed by atoms with Gasteiger partial charge in [-0.2, -0.15) is 0 Å². The van der Waals surface area contributed by atoms with Crippen molar-refractivity contribution >= 4 is 45.6 Å². The van der Waals surface area contributed by atoms with Crippen molar-refractivity contribution in [3.63, 3.8) is 0 Å². The van der Waals surface area contributed by atoms with E-state index in [0.717, 1.165) is 16.6 Å². The summed E-state index contributed by atoms with van der Waals surface area (Å²) in [5.74, 6) is 0.735. The second kappa shape index (κ2) is 6.45. The van der Waals surface area contributed by atoms with E-state index >= 15 is 0 Å². The van der Waals surface area contributed by atoms with Gasteiger partial charge in [0.15, 0.2) is 11.5 Å². The summed E-state index contributed by atoms with van der Waals surface area (Å²) >= 11 is 2.06. The molecule has 0 saturated carbocycles. The summed E-state index contributed by atoms with van der Waals surface area (Å²) in [5, 5.41) is 20.6. The third-order valence-corrected chi connectivity index (χ3v) is 4.26. The Morgan fingerprint density at radius 3 is 2.70 bits per heavy atom. The van der Waals surface area contributed by atoms with E-state index in [9.17, 15) is 10.2 Å². The first-order valence-corrected chi connectivity index (χ1v) is 7.99. The summed E-state index contributed by atoms with van der Waals surface area (Å²) in [5.41, 5.74) is 2.21.